The summed E-state index contributed by atoms with van der Waals surface area (Å²) in [5.41, 5.74) is 2.69. The van der Waals surface area contributed by atoms with Gasteiger partial charge in [-0.2, -0.15) is 0 Å². The number of aliphatic hydroxyl groups is 3. The number of carboxylic acids is 1. The minimum atomic E-state index is -0.954. The van der Waals surface area contributed by atoms with Crippen LogP contribution in [0, 0.1) is 28.6 Å². The number of carbonyl (C=O) groups is 1. The molecule has 1 saturated carbocycles. The van der Waals surface area contributed by atoms with Gasteiger partial charge in [0.25, 0.3) is 0 Å². The molecule has 3 rings (SSSR count). The molecule has 0 aromatic heterocycles. The maximum Gasteiger partial charge on any atom is 0.309 e. The van der Waals surface area contributed by atoms with Gasteiger partial charge in [-0.1, -0.05) is 44.9 Å². The summed E-state index contributed by atoms with van der Waals surface area (Å²) >= 11 is 0. The predicted octanol–water partition coefficient (Wildman–Crippen LogP) is 3.54. The second-order valence-corrected chi connectivity index (χ2v) is 9.56. The van der Waals surface area contributed by atoms with Gasteiger partial charge in [-0.3, -0.25) is 4.79 Å². The molecule has 4 atom stereocenters. The first-order chi connectivity index (χ1) is 13.1. The van der Waals surface area contributed by atoms with Crippen molar-refractivity contribution in [1.82, 2.24) is 0 Å². The Balaban J connectivity index is 0.000000409. The number of aliphatic carboxylic acids is 1. The van der Waals surface area contributed by atoms with Gasteiger partial charge in [-0.15, -0.1) is 0 Å². The van der Waals surface area contributed by atoms with E-state index in [0.717, 1.165) is 19.3 Å². The summed E-state index contributed by atoms with van der Waals surface area (Å²) in [4.78, 5) is 11.9. The number of allylic oxidation sites excluding steroid dienone is 4. The molecule has 0 spiro atoms. The fraction of sp³-hybridized carbons (Fsp3) is 0.783. The third-order valence-corrected chi connectivity index (χ3v) is 7.49. The number of rotatable bonds is 4. The van der Waals surface area contributed by atoms with E-state index in [4.69, 9.17) is 15.3 Å². The maximum atomic E-state index is 11.9. The molecule has 5 nitrogen and oxygen atoms in total. The Kier molecular flexibility index (Phi) is 7.51. The first kappa shape index (κ1) is 23.1. The summed E-state index contributed by atoms with van der Waals surface area (Å²) in [5.74, 6) is 0.888. The van der Waals surface area contributed by atoms with Gasteiger partial charge in [0, 0.05) is 0 Å². The van der Waals surface area contributed by atoms with Crippen molar-refractivity contribution in [2.45, 2.75) is 72.3 Å². The Morgan fingerprint density at radius 2 is 1.86 bits per heavy atom. The molecule has 0 saturated heterocycles. The van der Waals surface area contributed by atoms with Gasteiger partial charge in [-0.25, -0.2) is 0 Å². The molecule has 0 aliphatic heterocycles. The predicted molar refractivity (Wildman–Crippen MR) is 110 cm³/mol. The summed E-state index contributed by atoms with van der Waals surface area (Å²) in [6.45, 7) is 8.20. The molecule has 3 aliphatic rings. The molecular weight excluding hydrogens is 356 g/mol. The van der Waals surface area contributed by atoms with E-state index in [2.05, 4.69) is 32.9 Å². The smallest absolute Gasteiger partial charge is 0.309 e. The van der Waals surface area contributed by atoms with Crippen molar-refractivity contribution in [2.75, 3.05) is 13.2 Å². The van der Waals surface area contributed by atoms with Crippen LogP contribution in [0.2, 0.25) is 0 Å². The summed E-state index contributed by atoms with van der Waals surface area (Å²) in [7, 11) is 0. The van der Waals surface area contributed by atoms with E-state index in [9.17, 15) is 9.90 Å². The summed E-state index contributed by atoms with van der Waals surface area (Å²) < 4.78 is 0. The molecule has 160 valence electrons. The number of fused-ring (bicyclic) bond motifs is 3. The van der Waals surface area contributed by atoms with Crippen LogP contribution in [0.5, 0.6) is 0 Å². The van der Waals surface area contributed by atoms with E-state index < -0.39 is 17.5 Å². The molecule has 0 aromatic carbocycles. The van der Waals surface area contributed by atoms with Crippen LogP contribution in [0.4, 0.5) is 0 Å². The lowest BCUT2D eigenvalue weighted by Crippen LogP contribution is -2.53. The molecule has 0 bridgehead atoms. The zero-order chi connectivity index (χ0) is 21.1. The van der Waals surface area contributed by atoms with Gasteiger partial charge in [0.1, 0.15) is 6.10 Å². The van der Waals surface area contributed by atoms with Crippen molar-refractivity contribution in [3.8, 4) is 0 Å². The molecule has 0 aromatic rings. The number of carboxylic acid groups (broad SMARTS) is 1. The van der Waals surface area contributed by atoms with Crippen molar-refractivity contribution < 1.29 is 25.2 Å². The van der Waals surface area contributed by atoms with E-state index in [0.29, 0.717) is 11.8 Å². The topological polar surface area (TPSA) is 98.0 Å². The third-order valence-electron chi connectivity index (χ3n) is 7.49. The lowest BCUT2D eigenvalue weighted by molar-refractivity contribution is -0.162. The van der Waals surface area contributed by atoms with Crippen molar-refractivity contribution in [3.05, 3.63) is 23.3 Å². The van der Waals surface area contributed by atoms with Gasteiger partial charge in [0.15, 0.2) is 0 Å². The second kappa shape index (κ2) is 9.10. The lowest BCUT2D eigenvalue weighted by atomic mass is 9.47. The molecule has 4 N–H and O–H groups in total. The molecule has 1 fully saturated rings. The van der Waals surface area contributed by atoms with E-state index in [-0.39, 0.29) is 24.5 Å². The van der Waals surface area contributed by atoms with Crippen LogP contribution in [0.3, 0.4) is 0 Å². The molecule has 0 radical (unpaired) electrons. The van der Waals surface area contributed by atoms with E-state index in [1.807, 2.05) is 6.92 Å². The van der Waals surface area contributed by atoms with Crippen LogP contribution in [0.25, 0.3) is 0 Å². The number of aliphatic hydroxyl groups excluding tert-OH is 3. The van der Waals surface area contributed by atoms with Gasteiger partial charge in [0.05, 0.1) is 18.6 Å². The molecule has 0 heterocycles. The van der Waals surface area contributed by atoms with Crippen LogP contribution in [-0.4, -0.2) is 45.7 Å². The Morgan fingerprint density at radius 1 is 1.21 bits per heavy atom. The van der Waals surface area contributed by atoms with E-state index in [1.54, 1.807) is 5.57 Å². The lowest BCUT2D eigenvalue weighted by Gasteiger charge is -2.57. The van der Waals surface area contributed by atoms with Crippen molar-refractivity contribution in [2.24, 2.45) is 28.6 Å². The van der Waals surface area contributed by atoms with Crippen molar-refractivity contribution in [3.63, 3.8) is 0 Å². The molecule has 3 aliphatic carbocycles. The monoisotopic (exact) mass is 394 g/mol. The maximum absolute atomic E-state index is 11.9. The standard InChI is InChI=1S/C20H30O2.C3H8O3/c1-13(2)14-6-8-16-15(12-14)7-9-17-19(16,3)10-5-11-20(17,4)18(21)22;4-1-3(6)2-5/h7,12-13,16-17H,5-6,8-11H2,1-4H3,(H,21,22);3-6H,1-2H2/t16-,17+,19+,20+;/m0./s1. The van der Waals surface area contributed by atoms with Crippen molar-refractivity contribution >= 4 is 5.97 Å². The zero-order valence-electron chi connectivity index (χ0n) is 17.8. The fourth-order valence-electron chi connectivity index (χ4n) is 5.66. The highest BCUT2D eigenvalue weighted by molar-refractivity contribution is 5.75. The van der Waals surface area contributed by atoms with E-state index in [1.165, 1.54) is 24.8 Å². The average Bonchev–Trinajstić information content (AvgIpc) is 2.67. The zero-order valence-corrected chi connectivity index (χ0v) is 17.8. The Bertz CT molecular complexity index is 618. The second-order valence-electron chi connectivity index (χ2n) is 9.56. The normalized spacial score (nSPS) is 34.6. The van der Waals surface area contributed by atoms with Gasteiger partial charge in [0.2, 0.25) is 0 Å². The van der Waals surface area contributed by atoms with Crippen LogP contribution in [-0.2, 0) is 4.79 Å². The van der Waals surface area contributed by atoms with Gasteiger partial charge in [-0.05, 0) is 67.8 Å². The average molecular weight is 395 g/mol. The fourth-order valence-corrected chi connectivity index (χ4v) is 5.66. The van der Waals surface area contributed by atoms with Crippen LogP contribution >= 0.6 is 0 Å². The van der Waals surface area contributed by atoms with Gasteiger partial charge < -0.3 is 20.4 Å². The summed E-state index contributed by atoms with van der Waals surface area (Å²) in [6.07, 6.45) is 10.3. The highest BCUT2D eigenvalue weighted by Gasteiger charge is 2.57. The molecule has 5 heteroatoms. The summed E-state index contributed by atoms with van der Waals surface area (Å²) in [6, 6.07) is 0. The first-order valence-electron chi connectivity index (χ1n) is 10.6. The Labute approximate surface area is 169 Å². The summed E-state index contributed by atoms with van der Waals surface area (Å²) in [5, 5.41) is 33.8. The van der Waals surface area contributed by atoms with E-state index >= 15 is 0 Å². The molecular formula is C23H38O5. The highest BCUT2D eigenvalue weighted by atomic mass is 16.4. The van der Waals surface area contributed by atoms with Crippen LogP contribution in [0.15, 0.2) is 23.3 Å². The highest BCUT2D eigenvalue weighted by Crippen LogP contribution is 2.62. The number of hydrogen-bond acceptors (Lipinski definition) is 4. The van der Waals surface area contributed by atoms with Gasteiger partial charge >= 0.3 is 5.97 Å². The third kappa shape index (κ3) is 4.37. The van der Waals surface area contributed by atoms with Crippen molar-refractivity contribution in [1.29, 1.82) is 0 Å². The molecule has 28 heavy (non-hydrogen) atoms. The quantitative estimate of drug-likeness (QED) is 0.585. The first-order valence-corrected chi connectivity index (χ1v) is 10.6. The van der Waals surface area contributed by atoms with Crippen LogP contribution < -0.4 is 0 Å². The van der Waals surface area contributed by atoms with Crippen LogP contribution in [0.1, 0.15) is 66.2 Å². The largest absolute Gasteiger partial charge is 0.481 e. The molecule has 0 unspecified atom stereocenters. The minimum absolute atomic E-state index is 0.161. The Hall–Kier alpha value is -1.17. The SMILES string of the molecule is CC(C)C1=CC2=CC[C@@H]3[C@](C)(CCC[C@@]3(C)C(=O)O)[C@H]2CC1.OCC(O)CO. The Morgan fingerprint density at radius 3 is 2.36 bits per heavy atom. The number of hydrogen-bond donors (Lipinski definition) is 4. The minimum Gasteiger partial charge on any atom is -0.481 e. The molecule has 0 amide bonds.